The van der Waals surface area contributed by atoms with Crippen LogP contribution in [0.2, 0.25) is 0 Å². The Morgan fingerprint density at radius 3 is 2.61 bits per heavy atom. The molecule has 0 heterocycles. The molecule has 3 rings (SSSR count). The molecule has 0 bridgehead atoms. The van der Waals surface area contributed by atoms with Crippen LogP contribution >= 0.6 is 0 Å². The third-order valence-corrected chi connectivity index (χ3v) is 8.68. The van der Waals surface area contributed by atoms with E-state index < -0.39 is 24.0 Å². The quantitative estimate of drug-likeness (QED) is 0.506. The van der Waals surface area contributed by atoms with Gasteiger partial charge in [-0.3, -0.25) is 0 Å². The summed E-state index contributed by atoms with van der Waals surface area (Å²) in [6.45, 7) is 11.7. The molecule has 3 aliphatic carbocycles. The van der Waals surface area contributed by atoms with Crippen LogP contribution in [0.3, 0.4) is 0 Å². The van der Waals surface area contributed by atoms with Gasteiger partial charge in [0.1, 0.15) is 5.67 Å². The molecule has 0 amide bonds. The van der Waals surface area contributed by atoms with Gasteiger partial charge in [0.25, 0.3) is 0 Å². The Kier molecular flexibility index (Phi) is 7.55. The third-order valence-electron chi connectivity index (χ3n) is 8.68. The zero-order valence-electron chi connectivity index (χ0n) is 19.9. The molecule has 3 fully saturated rings. The highest BCUT2D eigenvalue weighted by Crippen LogP contribution is 2.60. The molecule has 7 atom stereocenters. The van der Waals surface area contributed by atoms with Gasteiger partial charge in [0, 0.05) is 6.42 Å². The number of allylic oxidation sites excluding steroid dienone is 3. The Balaban J connectivity index is 1.71. The minimum Gasteiger partial charge on any atom is -0.393 e. The van der Waals surface area contributed by atoms with E-state index >= 15 is 0 Å². The van der Waals surface area contributed by atoms with Crippen molar-refractivity contribution in [2.45, 2.75) is 109 Å². The lowest BCUT2D eigenvalue weighted by atomic mass is 9.60. The number of hydrogen-bond acceptors (Lipinski definition) is 3. The summed E-state index contributed by atoms with van der Waals surface area (Å²) < 4.78 is 14.0. The predicted molar refractivity (Wildman–Crippen MR) is 124 cm³/mol. The monoisotopic (exact) mass is 434 g/mol. The van der Waals surface area contributed by atoms with Gasteiger partial charge < -0.3 is 15.3 Å². The first-order valence-electron chi connectivity index (χ1n) is 12.3. The minimum absolute atomic E-state index is 0.251. The lowest BCUT2D eigenvalue weighted by molar-refractivity contribution is 0.00301. The highest BCUT2D eigenvalue weighted by Gasteiger charge is 2.50. The Bertz CT molecular complexity index is 718. The molecule has 4 heteroatoms. The highest BCUT2D eigenvalue weighted by atomic mass is 19.1. The van der Waals surface area contributed by atoms with Gasteiger partial charge >= 0.3 is 0 Å². The van der Waals surface area contributed by atoms with Gasteiger partial charge in [0.2, 0.25) is 0 Å². The Hall–Kier alpha value is -0.970. The number of rotatable bonds is 6. The molecule has 3 N–H and O–H groups in total. The van der Waals surface area contributed by atoms with Crippen molar-refractivity contribution in [3.63, 3.8) is 0 Å². The largest absolute Gasteiger partial charge is 0.393 e. The van der Waals surface area contributed by atoms with E-state index in [2.05, 4.69) is 32.6 Å². The summed E-state index contributed by atoms with van der Waals surface area (Å²) in [5, 5.41) is 30.3. The molecule has 0 spiro atoms. The maximum absolute atomic E-state index is 14.0. The second kappa shape index (κ2) is 9.49. The van der Waals surface area contributed by atoms with E-state index in [1.165, 1.54) is 45.1 Å². The van der Waals surface area contributed by atoms with Crippen LogP contribution in [0, 0.1) is 23.2 Å². The predicted octanol–water partition coefficient (Wildman–Crippen LogP) is 5.65. The molecule has 3 nitrogen and oxygen atoms in total. The molecule has 176 valence electrons. The van der Waals surface area contributed by atoms with Gasteiger partial charge in [-0.05, 0) is 99.5 Å². The molecular weight excluding hydrogens is 391 g/mol. The van der Waals surface area contributed by atoms with Gasteiger partial charge in [0.05, 0.1) is 18.3 Å². The van der Waals surface area contributed by atoms with Crippen LogP contribution in [0.5, 0.6) is 0 Å². The Morgan fingerprint density at radius 2 is 1.94 bits per heavy atom. The Morgan fingerprint density at radius 1 is 1.23 bits per heavy atom. The van der Waals surface area contributed by atoms with Crippen molar-refractivity contribution < 1.29 is 19.7 Å². The van der Waals surface area contributed by atoms with Crippen molar-refractivity contribution in [1.29, 1.82) is 0 Å². The highest BCUT2D eigenvalue weighted by molar-refractivity contribution is 5.38. The normalized spacial score (nSPS) is 39.0. The van der Waals surface area contributed by atoms with Gasteiger partial charge in [-0.25, -0.2) is 4.39 Å². The van der Waals surface area contributed by atoms with Crippen molar-refractivity contribution in [3.8, 4) is 0 Å². The third kappa shape index (κ3) is 5.34. The van der Waals surface area contributed by atoms with Crippen LogP contribution in [0.25, 0.3) is 0 Å². The number of aliphatic hydroxyl groups excluding tert-OH is 3. The fourth-order valence-electron chi connectivity index (χ4n) is 6.64. The topological polar surface area (TPSA) is 60.7 Å². The van der Waals surface area contributed by atoms with E-state index in [1.54, 1.807) is 0 Å². The fraction of sp³-hybridized carbons (Fsp3) is 0.778. The van der Waals surface area contributed by atoms with Gasteiger partial charge in [-0.1, -0.05) is 38.2 Å². The molecule has 0 aliphatic heterocycles. The lowest BCUT2D eigenvalue weighted by Gasteiger charge is -2.44. The van der Waals surface area contributed by atoms with Crippen molar-refractivity contribution in [3.05, 3.63) is 35.5 Å². The average Bonchev–Trinajstić information content (AvgIpc) is 3.04. The van der Waals surface area contributed by atoms with E-state index in [9.17, 15) is 19.7 Å². The van der Waals surface area contributed by atoms with Crippen LogP contribution in [-0.2, 0) is 0 Å². The van der Waals surface area contributed by atoms with Gasteiger partial charge in [-0.2, -0.15) is 0 Å². The standard InChI is InChI=1S/C27H43FO3/c1-17(8-13-25(31)26(3,4)28)22-11-12-23-19(7-6-14-27(22,23)5)9-10-20-15-21(29)16-24(30)18(20)2/h9-10,17,21-25,29-31H,2,6-8,11-16H2,1,3-5H3/b19-9?,20-10-/t17-,21-,22-,23?,24?,25?,27-/m1/s1. The van der Waals surface area contributed by atoms with Crippen LogP contribution in [0.1, 0.15) is 85.5 Å². The fourth-order valence-corrected chi connectivity index (χ4v) is 6.64. The summed E-state index contributed by atoms with van der Waals surface area (Å²) in [5.74, 6) is 1.62. The summed E-state index contributed by atoms with van der Waals surface area (Å²) in [6.07, 6.45) is 10.5. The first-order valence-corrected chi connectivity index (χ1v) is 12.3. The average molecular weight is 435 g/mol. The van der Waals surface area contributed by atoms with E-state index in [0.29, 0.717) is 37.0 Å². The van der Waals surface area contributed by atoms with Crippen LogP contribution in [0.4, 0.5) is 4.39 Å². The molecule has 31 heavy (non-hydrogen) atoms. The summed E-state index contributed by atoms with van der Waals surface area (Å²) in [4.78, 5) is 0. The molecule has 0 radical (unpaired) electrons. The van der Waals surface area contributed by atoms with E-state index in [1.807, 2.05) is 0 Å². The summed E-state index contributed by atoms with van der Waals surface area (Å²) in [6, 6.07) is 0. The second-order valence-corrected chi connectivity index (χ2v) is 11.3. The maximum atomic E-state index is 14.0. The van der Waals surface area contributed by atoms with Crippen LogP contribution in [0.15, 0.2) is 35.5 Å². The summed E-state index contributed by atoms with van der Waals surface area (Å²) >= 11 is 0. The number of fused-ring (bicyclic) bond motifs is 1. The van der Waals surface area contributed by atoms with E-state index in [0.717, 1.165) is 24.0 Å². The number of hydrogen-bond donors (Lipinski definition) is 3. The molecule has 0 saturated heterocycles. The Labute approximate surface area is 188 Å². The zero-order chi connectivity index (χ0) is 23.0. The second-order valence-electron chi connectivity index (χ2n) is 11.3. The molecular formula is C27H43FO3. The molecule has 0 aromatic rings. The molecule has 0 aromatic carbocycles. The summed E-state index contributed by atoms with van der Waals surface area (Å²) in [5.41, 5.74) is 1.91. The van der Waals surface area contributed by atoms with Crippen LogP contribution in [-0.4, -0.2) is 39.3 Å². The van der Waals surface area contributed by atoms with Gasteiger partial charge in [-0.15, -0.1) is 0 Å². The summed E-state index contributed by atoms with van der Waals surface area (Å²) in [7, 11) is 0. The maximum Gasteiger partial charge on any atom is 0.131 e. The molecule has 3 unspecified atom stereocenters. The number of alkyl halides is 1. The van der Waals surface area contributed by atoms with Crippen molar-refractivity contribution in [1.82, 2.24) is 0 Å². The molecule has 3 saturated carbocycles. The SMILES string of the molecule is C=C1/C(=C\C=C2CCC[C@@]3(C)C2CC[C@@H]3[C@H](C)CCC(O)C(C)(C)F)C[C@@H](O)CC1O. The molecule has 3 aliphatic rings. The van der Waals surface area contributed by atoms with Crippen molar-refractivity contribution in [2.24, 2.45) is 23.2 Å². The first kappa shape index (κ1) is 24.7. The lowest BCUT2D eigenvalue weighted by Crippen LogP contribution is -2.37. The van der Waals surface area contributed by atoms with Gasteiger partial charge in [0.15, 0.2) is 0 Å². The molecule has 0 aromatic heterocycles. The van der Waals surface area contributed by atoms with E-state index in [-0.39, 0.29) is 5.41 Å². The first-order chi connectivity index (χ1) is 14.4. The van der Waals surface area contributed by atoms with Crippen LogP contribution < -0.4 is 0 Å². The minimum atomic E-state index is -1.54. The van der Waals surface area contributed by atoms with Crippen molar-refractivity contribution >= 4 is 0 Å². The zero-order valence-corrected chi connectivity index (χ0v) is 19.9. The number of aliphatic hydroxyl groups is 3. The number of halogens is 1. The van der Waals surface area contributed by atoms with E-state index in [4.69, 9.17) is 0 Å². The van der Waals surface area contributed by atoms with Crippen molar-refractivity contribution in [2.75, 3.05) is 0 Å². The smallest absolute Gasteiger partial charge is 0.131 e.